The van der Waals surface area contributed by atoms with Crippen molar-refractivity contribution in [1.82, 2.24) is 5.32 Å². The number of nitrogens with one attached hydrogen (secondary N) is 1. The number of carbonyl (C=O) groups is 1. The average molecular weight is 242 g/mol. The van der Waals surface area contributed by atoms with Gasteiger partial charge in [-0.1, -0.05) is 13.8 Å². The van der Waals surface area contributed by atoms with Gasteiger partial charge in [-0.25, -0.2) is 4.79 Å². The molecule has 0 radical (unpaired) electrons. The van der Waals surface area contributed by atoms with Crippen LogP contribution in [-0.4, -0.2) is 24.3 Å². The van der Waals surface area contributed by atoms with Gasteiger partial charge in [-0.2, -0.15) is 0 Å². The van der Waals surface area contributed by atoms with E-state index in [2.05, 4.69) is 19.2 Å². The second-order valence-electron chi connectivity index (χ2n) is 6.31. The van der Waals surface area contributed by atoms with Crippen LogP contribution in [0.25, 0.3) is 0 Å². The lowest BCUT2D eigenvalue weighted by Crippen LogP contribution is -2.43. The molecule has 100 valence electrons. The van der Waals surface area contributed by atoms with Crippen LogP contribution in [0.4, 0.5) is 4.79 Å². The number of carbonyl (C=O) groups excluding carboxylic acids is 1. The highest BCUT2D eigenvalue weighted by Gasteiger charge is 2.43. The summed E-state index contributed by atoms with van der Waals surface area (Å²) < 4.78 is 5.28. The van der Waals surface area contributed by atoms with Gasteiger partial charge in [0.1, 0.15) is 5.60 Å². The Morgan fingerprint density at radius 3 is 2.41 bits per heavy atom. The van der Waals surface area contributed by atoms with Crippen molar-refractivity contribution in [2.75, 3.05) is 6.54 Å². The van der Waals surface area contributed by atoms with E-state index < -0.39 is 5.60 Å². The van der Waals surface area contributed by atoms with Crippen LogP contribution in [-0.2, 0) is 4.74 Å². The number of hydrogen-bond donors (Lipinski definition) is 2. The fourth-order valence-electron chi connectivity index (χ4n) is 2.19. The molecule has 0 aromatic carbocycles. The molecule has 0 aromatic rings. The minimum absolute atomic E-state index is 0.179. The van der Waals surface area contributed by atoms with Crippen molar-refractivity contribution in [3.05, 3.63) is 0 Å². The lowest BCUT2D eigenvalue weighted by molar-refractivity contribution is 0.0480. The SMILES string of the molecule is CC(C)C(NC(=O)OC(C)(C)C)C1CC1CN. The predicted octanol–water partition coefficient (Wildman–Crippen LogP) is 2.13. The van der Waals surface area contributed by atoms with E-state index in [-0.39, 0.29) is 12.1 Å². The van der Waals surface area contributed by atoms with E-state index in [1.807, 2.05) is 20.8 Å². The van der Waals surface area contributed by atoms with Crippen molar-refractivity contribution in [3.8, 4) is 0 Å². The molecule has 1 fully saturated rings. The van der Waals surface area contributed by atoms with E-state index in [0.717, 1.165) is 6.42 Å². The van der Waals surface area contributed by atoms with Crippen LogP contribution >= 0.6 is 0 Å². The van der Waals surface area contributed by atoms with E-state index >= 15 is 0 Å². The van der Waals surface area contributed by atoms with Gasteiger partial charge in [0.05, 0.1) is 0 Å². The van der Waals surface area contributed by atoms with Crippen molar-refractivity contribution in [2.24, 2.45) is 23.5 Å². The van der Waals surface area contributed by atoms with Crippen molar-refractivity contribution >= 4 is 6.09 Å². The Labute approximate surface area is 104 Å². The molecule has 3 N–H and O–H groups in total. The molecule has 0 aliphatic heterocycles. The fourth-order valence-corrected chi connectivity index (χ4v) is 2.19. The molecule has 3 unspecified atom stereocenters. The van der Waals surface area contributed by atoms with Gasteiger partial charge < -0.3 is 15.8 Å². The number of amides is 1. The Hall–Kier alpha value is -0.770. The minimum atomic E-state index is -0.442. The second-order valence-corrected chi connectivity index (χ2v) is 6.31. The summed E-state index contributed by atoms with van der Waals surface area (Å²) in [5.41, 5.74) is 5.21. The quantitative estimate of drug-likeness (QED) is 0.793. The molecule has 0 heterocycles. The third kappa shape index (κ3) is 4.54. The first kappa shape index (κ1) is 14.3. The van der Waals surface area contributed by atoms with Crippen LogP contribution in [0.2, 0.25) is 0 Å². The molecule has 4 heteroatoms. The average Bonchev–Trinajstić information content (AvgIpc) is 2.89. The molecule has 1 saturated carbocycles. The molecule has 17 heavy (non-hydrogen) atoms. The number of hydrogen-bond acceptors (Lipinski definition) is 3. The zero-order chi connectivity index (χ0) is 13.2. The highest BCUT2D eigenvalue weighted by molar-refractivity contribution is 5.68. The van der Waals surface area contributed by atoms with Gasteiger partial charge in [0.2, 0.25) is 0 Å². The van der Waals surface area contributed by atoms with Crippen LogP contribution in [0.15, 0.2) is 0 Å². The first-order valence-electron chi connectivity index (χ1n) is 6.44. The van der Waals surface area contributed by atoms with Crippen LogP contribution in [0.3, 0.4) is 0 Å². The van der Waals surface area contributed by atoms with E-state index in [4.69, 9.17) is 10.5 Å². The molecule has 0 saturated heterocycles. The fraction of sp³-hybridized carbons (Fsp3) is 0.923. The van der Waals surface area contributed by atoms with E-state index in [1.165, 1.54) is 0 Å². The summed E-state index contributed by atoms with van der Waals surface area (Å²) in [7, 11) is 0. The van der Waals surface area contributed by atoms with Crippen LogP contribution in [0.1, 0.15) is 41.0 Å². The highest BCUT2D eigenvalue weighted by atomic mass is 16.6. The molecule has 0 bridgehead atoms. The smallest absolute Gasteiger partial charge is 0.407 e. The second kappa shape index (κ2) is 5.25. The lowest BCUT2D eigenvalue weighted by atomic mass is 9.98. The summed E-state index contributed by atoms with van der Waals surface area (Å²) in [5.74, 6) is 1.49. The molecule has 1 amide bonds. The van der Waals surface area contributed by atoms with Crippen molar-refractivity contribution in [3.63, 3.8) is 0 Å². The molecule has 3 atom stereocenters. The summed E-state index contributed by atoms with van der Waals surface area (Å²) >= 11 is 0. The topological polar surface area (TPSA) is 64.3 Å². The van der Waals surface area contributed by atoms with Crippen LogP contribution in [0, 0.1) is 17.8 Å². The van der Waals surface area contributed by atoms with Gasteiger partial charge in [0.15, 0.2) is 0 Å². The van der Waals surface area contributed by atoms with E-state index in [0.29, 0.717) is 24.3 Å². The van der Waals surface area contributed by atoms with Crippen LogP contribution < -0.4 is 11.1 Å². The molecule has 0 spiro atoms. The van der Waals surface area contributed by atoms with Crippen molar-refractivity contribution in [1.29, 1.82) is 0 Å². The Morgan fingerprint density at radius 1 is 1.47 bits per heavy atom. The number of ether oxygens (including phenoxy) is 1. The molecule has 1 aliphatic carbocycles. The predicted molar refractivity (Wildman–Crippen MR) is 68.6 cm³/mol. The number of nitrogens with two attached hydrogens (primary N) is 1. The van der Waals surface area contributed by atoms with Gasteiger partial charge in [0.25, 0.3) is 0 Å². The Balaban J connectivity index is 2.48. The normalized spacial score (nSPS) is 25.6. The molecule has 4 nitrogen and oxygen atoms in total. The largest absolute Gasteiger partial charge is 0.444 e. The molecule has 1 aliphatic rings. The van der Waals surface area contributed by atoms with Crippen molar-refractivity contribution in [2.45, 2.75) is 52.7 Å². The van der Waals surface area contributed by atoms with Gasteiger partial charge >= 0.3 is 6.09 Å². The first-order chi connectivity index (χ1) is 7.74. The highest BCUT2D eigenvalue weighted by Crippen LogP contribution is 2.42. The standard InChI is InChI=1S/C13H26N2O2/c1-8(2)11(10-6-9(10)7-14)15-12(16)17-13(3,4)5/h8-11H,6-7,14H2,1-5H3,(H,15,16). The van der Waals surface area contributed by atoms with Gasteiger partial charge in [0, 0.05) is 6.04 Å². The number of alkyl carbamates (subject to hydrolysis) is 1. The molecule has 0 aromatic heterocycles. The Kier molecular flexibility index (Phi) is 4.42. The van der Waals surface area contributed by atoms with Crippen LogP contribution in [0.5, 0.6) is 0 Å². The molecule has 1 rings (SSSR count). The zero-order valence-corrected chi connectivity index (χ0v) is 11.6. The third-order valence-electron chi connectivity index (χ3n) is 3.14. The maximum atomic E-state index is 11.7. The summed E-state index contributed by atoms with van der Waals surface area (Å²) in [4.78, 5) is 11.7. The summed E-state index contributed by atoms with van der Waals surface area (Å²) in [6.07, 6.45) is 0.800. The Morgan fingerprint density at radius 2 is 2.06 bits per heavy atom. The van der Waals surface area contributed by atoms with Gasteiger partial charge in [-0.05, 0) is 51.5 Å². The van der Waals surface area contributed by atoms with E-state index in [9.17, 15) is 4.79 Å². The van der Waals surface area contributed by atoms with Crippen molar-refractivity contribution < 1.29 is 9.53 Å². The monoisotopic (exact) mass is 242 g/mol. The van der Waals surface area contributed by atoms with Gasteiger partial charge in [-0.3, -0.25) is 0 Å². The lowest BCUT2D eigenvalue weighted by Gasteiger charge is -2.26. The summed E-state index contributed by atoms with van der Waals surface area (Å²) in [6.45, 7) is 10.6. The third-order valence-corrected chi connectivity index (χ3v) is 3.14. The summed E-state index contributed by atoms with van der Waals surface area (Å²) in [5, 5.41) is 2.98. The minimum Gasteiger partial charge on any atom is -0.444 e. The van der Waals surface area contributed by atoms with E-state index in [1.54, 1.807) is 0 Å². The molecular formula is C13H26N2O2. The molecular weight excluding hydrogens is 216 g/mol. The zero-order valence-electron chi connectivity index (χ0n) is 11.6. The maximum Gasteiger partial charge on any atom is 0.407 e. The summed E-state index contributed by atoms with van der Waals surface area (Å²) in [6, 6.07) is 0.179. The first-order valence-corrected chi connectivity index (χ1v) is 6.44. The number of rotatable bonds is 4. The van der Waals surface area contributed by atoms with Gasteiger partial charge in [-0.15, -0.1) is 0 Å². The maximum absolute atomic E-state index is 11.7. The Bertz CT molecular complexity index is 271.